The molecule has 0 unspecified atom stereocenters. The maximum Gasteiger partial charge on any atom is 0.194 e. The first-order chi connectivity index (χ1) is 8.06. The first-order valence-corrected chi connectivity index (χ1v) is 4.94. The highest BCUT2D eigenvalue weighted by Crippen LogP contribution is 2.17. The molecule has 2 aromatic rings. The first kappa shape index (κ1) is 11.6. The van der Waals surface area contributed by atoms with E-state index >= 15 is 0 Å². The smallest absolute Gasteiger partial charge is 0.194 e. The standard InChI is InChI=1S/C13H8F4/c14-10-3-1-2-8(5-10)4-9-6-11(15)13(17)12(16)7-9/h1-3,5-7H,4H2. The summed E-state index contributed by atoms with van der Waals surface area (Å²) in [6.07, 6.45) is 0.145. The Morgan fingerprint density at radius 2 is 1.41 bits per heavy atom. The molecule has 4 heteroatoms. The van der Waals surface area contributed by atoms with Crippen molar-refractivity contribution in [2.45, 2.75) is 6.42 Å². The van der Waals surface area contributed by atoms with Crippen LogP contribution in [0.5, 0.6) is 0 Å². The number of rotatable bonds is 2. The lowest BCUT2D eigenvalue weighted by Gasteiger charge is -2.04. The van der Waals surface area contributed by atoms with Crippen molar-refractivity contribution in [1.29, 1.82) is 0 Å². The second kappa shape index (κ2) is 4.57. The van der Waals surface area contributed by atoms with Gasteiger partial charge in [0.2, 0.25) is 0 Å². The molecule has 0 saturated carbocycles. The van der Waals surface area contributed by atoms with Crippen LogP contribution in [0.25, 0.3) is 0 Å². The van der Waals surface area contributed by atoms with Gasteiger partial charge in [0.25, 0.3) is 0 Å². The van der Waals surface area contributed by atoms with E-state index in [1.165, 1.54) is 18.2 Å². The van der Waals surface area contributed by atoms with Crippen LogP contribution < -0.4 is 0 Å². The summed E-state index contributed by atoms with van der Waals surface area (Å²) >= 11 is 0. The minimum absolute atomic E-state index is 0.145. The number of hydrogen-bond donors (Lipinski definition) is 0. The average Bonchev–Trinajstić information content (AvgIpc) is 2.26. The summed E-state index contributed by atoms with van der Waals surface area (Å²) in [5.74, 6) is -4.40. The van der Waals surface area contributed by atoms with E-state index in [2.05, 4.69) is 0 Å². The lowest BCUT2D eigenvalue weighted by atomic mass is 10.0. The van der Waals surface area contributed by atoms with Gasteiger partial charge in [-0.3, -0.25) is 0 Å². The maximum absolute atomic E-state index is 12.9. The Balaban J connectivity index is 2.31. The molecule has 0 aromatic heterocycles. The predicted molar refractivity (Wildman–Crippen MR) is 55.5 cm³/mol. The molecule has 88 valence electrons. The molecule has 0 heterocycles. The van der Waals surface area contributed by atoms with Crippen molar-refractivity contribution in [3.05, 3.63) is 70.8 Å². The van der Waals surface area contributed by atoms with E-state index in [1.807, 2.05) is 0 Å². The van der Waals surface area contributed by atoms with Crippen molar-refractivity contribution in [1.82, 2.24) is 0 Å². The monoisotopic (exact) mass is 240 g/mol. The molecule has 0 bridgehead atoms. The van der Waals surface area contributed by atoms with Crippen LogP contribution >= 0.6 is 0 Å². The number of halogens is 4. The fraction of sp³-hybridized carbons (Fsp3) is 0.0769. The zero-order chi connectivity index (χ0) is 12.4. The van der Waals surface area contributed by atoms with Crippen LogP contribution in [-0.2, 0) is 6.42 Å². The van der Waals surface area contributed by atoms with Gasteiger partial charge in [0.15, 0.2) is 17.5 Å². The summed E-state index contributed by atoms with van der Waals surface area (Å²) in [6, 6.07) is 7.48. The van der Waals surface area contributed by atoms with E-state index in [4.69, 9.17) is 0 Å². The van der Waals surface area contributed by atoms with Crippen LogP contribution in [0.2, 0.25) is 0 Å². The molecule has 2 rings (SSSR count). The predicted octanol–water partition coefficient (Wildman–Crippen LogP) is 3.83. The average molecular weight is 240 g/mol. The highest BCUT2D eigenvalue weighted by atomic mass is 19.2. The molecule has 0 aliphatic heterocycles. The van der Waals surface area contributed by atoms with E-state index in [0.29, 0.717) is 5.56 Å². The third-order valence-corrected chi connectivity index (χ3v) is 2.34. The molecular formula is C13H8F4. The molecule has 0 saturated heterocycles. The topological polar surface area (TPSA) is 0 Å². The van der Waals surface area contributed by atoms with Crippen LogP contribution in [0, 0.1) is 23.3 Å². The Bertz CT molecular complexity index is 526. The molecule has 17 heavy (non-hydrogen) atoms. The van der Waals surface area contributed by atoms with Gasteiger partial charge in [0.05, 0.1) is 0 Å². The van der Waals surface area contributed by atoms with Gasteiger partial charge < -0.3 is 0 Å². The third-order valence-electron chi connectivity index (χ3n) is 2.34. The molecule has 0 spiro atoms. The summed E-state index contributed by atoms with van der Waals surface area (Å²) in [6.45, 7) is 0. The number of hydrogen-bond acceptors (Lipinski definition) is 0. The van der Waals surface area contributed by atoms with Crippen molar-refractivity contribution in [3.8, 4) is 0 Å². The second-order valence-corrected chi connectivity index (χ2v) is 3.68. The number of benzene rings is 2. The van der Waals surface area contributed by atoms with E-state index in [0.717, 1.165) is 12.1 Å². The minimum Gasteiger partial charge on any atom is -0.207 e. The van der Waals surface area contributed by atoms with E-state index in [9.17, 15) is 17.6 Å². The molecule has 2 aromatic carbocycles. The highest BCUT2D eigenvalue weighted by molar-refractivity contribution is 5.27. The van der Waals surface area contributed by atoms with E-state index in [-0.39, 0.29) is 12.0 Å². The fourth-order valence-electron chi connectivity index (χ4n) is 1.59. The van der Waals surface area contributed by atoms with Crippen molar-refractivity contribution in [2.75, 3.05) is 0 Å². The summed E-state index contributed by atoms with van der Waals surface area (Å²) < 4.78 is 51.5. The van der Waals surface area contributed by atoms with Crippen molar-refractivity contribution >= 4 is 0 Å². The molecule has 0 aliphatic rings. The van der Waals surface area contributed by atoms with Gasteiger partial charge in [-0.05, 0) is 41.8 Å². The highest BCUT2D eigenvalue weighted by Gasteiger charge is 2.10. The summed E-state index contributed by atoms with van der Waals surface area (Å²) in [4.78, 5) is 0. The second-order valence-electron chi connectivity index (χ2n) is 3.68. The Morgan fingerprint density at radius 1 is 0.765 bits per heavy atom. The normalized spacial score (nSPS) is 10.6. The maximum atomic E-state index is 12.9. The van der Waals surface area contributed by atoms with Gasteiger partial charge in [-0.25, -0.2) is 17.6 Å². The fourth-order valence-corrected chi connectivity index (χ4v) is 1.59. The van der Waals surface area contributed by atoms with Crippen molar-refractivity contribution in [3.63, 3.8) is 0 Å². The molecule has 0 nitrogen and oxygen atoms in total. The van der Waals surface area contributed by atoms with Crippen molar-refractivity contribution in [2.24, 2.45) is 0 Å². The molecule has 0 radical (unpaired) electrons. The van der Waals surface area contributed by atoms with Crippen LogP contribution in [0.3, 0.4) is 0 Å². The lowest BCUT2D eigenvalue weighted by Crippen LogP contribution is -1.96. The van der Waals surface area contributed by atoms with Gasteiger partial charge in [0, 0.05) is 0 Å². The SMILES string of the molecule is Fc1cccc(Cc2cc(F)c(F)c(F)c2)c1. The van der Waals surface area contributed by atoms with Gasteiger partial charge >= 0.3 is 0 Å². The van der Waals surface area contributed by atoms with Crippen LogP contribution in [-0.4, -0.2) is 0 Å². The Kier molecular flexibility index (Phi) is 3.13. The lowest BCUT2D eigenvalue weighted by molar-refractivity contribution is 0.445. The van der Waals surface area contributed by atoms with Gasteiger partial charge in [-0.2, -0.15) is 0 Å². The Morgan fingerprint density at radius 3 is 2.00 bits per heavy atom. The Hall–Kier alpha value is -1.84. The molecule has 0 aliphatic carbocycles. The zero-order valence-electron chi connectivity index (χ0n) is 8.68. The van der Waals surface area contributed by atoms with Crippen molar-refractivity contribution < 1.29 is 17.6 Å². The molecule has 0 amide bonds. The third kappa shape index (κ3) is 2.64. The minimum atomic E-state index is -1.49. The first-order valence-electron chi connectivity index (χ1n) is 4.94. The summed E-state index contributed by atoms with van der Waals surface area (Å²) in [5, 5.41) is 0. The van der Waals surface area contributed by atoms with Crippen LogP contribution in [0.4, 0.5) is 17.6 Å². The molecular weight excluding hydrogens is 232 g/mol. The molecule has 0 N–H and O–H groups in total. The van der Waals surface area contributed by atoms with E-state index in [1.54, 1.807) is 6.07 Å². The largest absolute Gasteiger partial charge is 0.207 e. The Labute approximate surface area is 95.5 Å². The quantitative estimate of drug-likeness (QED) is 0.552. The van der Waals surface area contributed by atoms with E-state index < -0.39 is 23.3 Å². The molecule has 0 fully saturated rings. The van der Waals surface area contributed by atoms with Crippen LogP contribution in [0.15, 0.2) is 36.4 Å². The zero-order valence-corrected chi connectivity index (χ0v) is 8.68. The van der Waals surface area contributed by atoms with Gasteiger partial charge in [-0.15, -0.1) is 0 Å². The molecule has 0 atom stereocenters. The van der Waals surface area contributed by atoms with Crippen LogP contribution in [0.1, 0.15) is 11.1 Å². The van der Waals surface area contributed by atoms with Gasteiger partial charge in [-0.1, -0.05) is 12.1 Å². The van der Waals surface area contributed by atoms with Gasteiger partial charge in [0.1, 0.15) is 5.82 Å². The summed E-state index contributed by atoms with van der Waals surface area (Å²) in [7, 11) is 0. The summed E-state index contributed by atoms with van der Waals surface area (Å²) in [5.41, 5.74) is 0.822.